The predicted molar refractivity (Wildman–Crippen MR) is 119 cm³/mol. The monoisotopic (exact) mass is 500 g/mol. The number of likely N-dealkylation sites (tertiary alicyclic amines) is 1. The first-order chi connectivity index (χ1) is 15.7. The average molecular weight is 501 g/mol. The standard InChI is InChI=1S/C24H25ClF4N2O3/c1-23(2,3)34-22(33)31-11-10-20(17(13-31)14-4-7-16(25)8-5-14)30-21(32)15-6-9-19(26)18(12-15)24(27,28)29/h4-9,12,17,20H,10-11,13H2,1-3H3,(H,30,32). The summed E-state index contributed by atoms with van der Waals surface area (Å²) in [6.07, 6.45) is -5.08. The molecular weight excluding hydrogens is 476 g/mol. The van der Waals surface area contributed by atoms with Gasteiger partial charge in [-0.15, -0.1) is 0 Å². The first-order valence-corrected chi connectivity index (χ1v) is 11.0. The second-order valence-corrected chi connectivity index (χ2v) is 9.58. The fourth-order valence-electron chi connectivity index (χ4n) is 3.80. The Balaban J connectivity index is 1.84. The summed E-state index contributed by atoms with van der Waals surface area (Å²) in [4.78, 5) is 27.0. The molecule has 184 valence electrons. The van der Waals surface area contributed by atoms with E-state index in [2.05, 4.69) is 5.32 Å². The number of piperidine rings is 1. The first kappa shape index (κ1) is 25.8. The van der Waals surface area contributed by atoms with E-state index in [1.807, 2.05) is 0 Å². The number of carbonyl (C=O) groups is 2. The Bertz CT molecular complexity index is 1050. The molecule has 0 spiro atoms. The summed E-state index contributed by atoms with van der Waals surface area (Å²) < 4.78 is 58.3. The van der Waals surface area contributed by atoms with Gasteiger partial charge in [-0.25, -0.2) is 9.18 Å². The van der Waals surface area contributed by atoms with Gasteiger partial charge in [0.25, 0.3) is 5.91 Å². The van der Waals surface area contributed by atoms with Crippen LogP contribution in [0.3, 0.4) is 0 Å². The van der Waals surface area contributed by atoms with Crippen molar-refractivity contribution < 1.29 is 31.9 Å². The Morgan fingerprint density at radius 3 is 2.32 bits per heavy atom. The van der Waals surface area contributed by atoms with Gasteiger partial charge in [0.05, 0.1) is 5.56 Å². The maximum atomic E-state index is 13.6. The van der Waals surface area contributed by atoms with Crippen molar-refractivity contribution in [1.29, 1.82) is 0 Å². The van der Waals surface area contributed by atoms with Crippen molar-refractivity contribution >= 4 is 23.6 Å². The zero-order valence-electron chi connectivity index (χ0n) is 18.9. The molecule has 0 aromatic heterocycles. The summed E-state index contributed by atoms with van der Waals surface area (Å²) in [6, 6.07) is 8.53. The van der Waals surface area contributed by atoms with E-state index in [4.69, 9.17) is 16.3 Å². The number of nitrogens with one attached hydrogen (secondary N) is 1. The van der Waals surface area contributed by atoms with Crippen molar-refractivity contribution in [3.63, 3.8) is 0 Å². The van der Waals surface area contributed by atoms with Gasteiger partial charge in [0.15, 0.2) is 0 Å². The van der Waals surface area contributed by atoms with Crippen LogP contribution >= 0.6 is 11.6 Å². The van der Waals surface area contributed by atoms with Crippen molar-refractivity contribution in [3.05, 3.63) is 70.0 Å². The maximum absolute atomic E-state index is 13.6. The Labute approximate surface area is 200 Å². The summed E-state index contributed by atoms with van der Waals surface area (Å²) in [6.45, 7) is 5.77. The van der Waals surface area contributed by atoms with Crippen molar-refractivity contribution in [2.45, 2.75) is 50.9 Å². The number of halogens is 5. The zero-order valence-corrected chi connectivity index (χ0v) is 19.6. The highest BCUT2D eigenvalue weighted by molar-refractivity contribution is 6.30. The Morgan fingerprint density at radius 2 is 1.74 bits per heavy atom. The Kier molecular flexibility index (Phi) is 7.45. The molecule has 2 aromatic carbocycles. The molecule has 0 aliphatic carbocycles. The van der Waals surface area contributed by atoms with Crippen LogP contribution in [-0.2, 0) is 10.9 Å². The highest BCUT2D eigenvalue weighted by atomic mass is 35.5. The van der Waals surface area contributed by atoms with Gasteiger partial charge < -0.3 is 15.0 Å². The third-order valence-electron chi connectivity index (χ3n) is 5.41. The van der Waals surface area contributed by atoms with Crippen molar-refractivity contribution in [2.24, 2.45) is 0 Å². The highest BCUT2D eigenvalue weighted by Gasteiger charge is 2.37. The zero-order chi connectivity index (χ0) is 25.3. The van der Waals surface area contributed by atoms with Crippen LogP contribution in [0.4, 0.5) is 22.4 Å². The lowest BCUT2D eigenvalue weighted by atomic mass is 9.86. The molecule has 10 heteroatoms. The predicted octanol–water partition coefficient (Wildman–Crippen LogP) is 6.02. The lowest BCUT2D eigenvalue weighted by Crippen LogP contribution is -2.52. The van der Waals surface area contributed by atoms with Crippen LogP contribution in [0.15, 0.2) is 42.5 Å². The van der Waals surface area contributed by atoms with Crippen molar-refractivity contribution in [2.75, 3.05) is 13.1 Å². The van der Waals surface area contributed by atoms with E-state index in [1.54, 1.807) is 45.0 Å². The van der Waals surface area contributed by atoms with Crippen LogP contribution in [-0.4, -0.2) is 41.6 Å². The van der Waals surface area contributed by atoms with E-state index >= 15 is 0 Å². The van der Waals surface area contributed by atoms with E-state index in [1.165, 1.54) is 4.90 Å². The number of alkyl halides is 3. The van der Waals surface area contributed by atoms with Gasteiger partial charge in [-0.2, -0.15) is 13.2 Å². The van der Waals surface area contributed by atoms with Crippen molar-refractivity contribution in [3.8, 4) is 0 Å². The normalized spacial score (nSPS) is 19.0. The summed E-state index contributed by atoms with van der Waals surface area (Å²) >= 11 is 5.99. The minimum absolute atomic E-state index is 0.221. The Morgan fingerprint density at radius 1 is 1.09 bits per heavy atom. The number of ether oxygens (including phenoxy) is 1. The maximum Gasteiger partial charge on any atom is 0.419 e. The molecule has 1 heterocycles. The molecule has 2 atom stereocenters. The molecule has 1 aliphatic heterocycles. The van der Waals surface area contributed by atoms with Crippen LogP contribution in [0.25, 0.3) is 0 Å². The number of hydrogen-bond acceptors (Lipinski definition) is 3. The molecule has 1 fully saturated rings. The molecule has 34 heavy (non-hydrogen) atoms. The van der Waals surface area contributed by atoms with E-state index in [9.17, 15) is 27.2 Å². The van der Waals surface area contributed by atoms with Crippen LogP contribution < -0.4 is 5.32 Å². The first-order valence-electron chi connectivity index (χ1n) is 10.7. The number of hydrogen-bond donors (Lipinski definition) is 1. The number of rotatable bonds is 3. The number of carbonyl (C=O) groups excluding carboxylic acids is 2. The van der Waals surface area contributed by atoms with Gasteiger partial charge in [-0.3, -0.25) is 4.79 Å². The van der Waals surface area contributed by atoms with Gasteiger partial charge in [-0.1, -0.05) is 23.7 Å². The summed E-state index contributed by atoms with van der Waals surface area (Å²) in [5, 5.41) is 3.27. The average Bonchev–Trinajstić information content (AvgIpc) is 2.73. The molecule has 0 radical (unpaired) electrons. The minimum Gasteiger partial charge on any atom is -0.444 e. The van der Waals surface area contributed by atoms with Crippen LogP contribution in [0.1, 0.15) is 54.6 Å². The minimum atomic E-state index is -4.93. The molecule has 3 rings (SSSR count). The third-order valence-corrected chi connectivity index (χ3v) is 5.67. The van der Waals surface area contributed by atoms with Gasteiger partial charge >= 0.3 is 12.3 Å². The smallest absolute Gasteiger partial charge is 0.419 e. The SMILES string of the molecule is CC(C)(C)OC(=O)N1CCC(NC(=O)c2ccc(F)c(C(F)(F)F)c2)C(c2ccc(Cl)cc2)C1. The fourth-order valence-corrected chi connectivity index (χ4v) is 3.93. The quantitative estimate of drug-likeness (QED) is 0.524. The summed E-state index contributed by atoms with van der Waals surface area (Å²) in [5.41, 5.74) is -1.71. The summed E-state index contributed by atoms with van der Waals surface area (Å²) in [7, 11) is 0. The molecule has 0 saturated carbocycles. The molecular formula is C24H25ClF4N2O3. The lowest BCUT2D eigenvalue weighted by molar-refractivity contribution is -0.140. The number of nitrogens with zero attached hydrogens (tertiary/aromatic N) is 1. The second kappa shape index (κ2) is 9.82. The molecule has 1 aliphatic rings. The van der Waals surface area contributed by atoms with E-state index in [0.29, 0.717) is 23.6 Å². The highest BCUT2D eigenvalue weighted by Crippen LogP contribution is 2.33. The third kappa shape index (κ3) is 6.40. The Hall–Kier alpha value is -2.81. The van der Waals surface area contributed by atoms with Gasteiger partial charge in [-0.05, 0) is 63.1 Å². The van der Waals surface area contributed by atoms with Crippen LogP contribution in [0.2, 0.25) is 5.02 Å². The van der Waals surface area contributed by atoms with E-state index in [0.717, 1.165) is 11.6 Å². The molecule has 1 saturated heterocycles. The molecule has 2 unspecified atom stereocenters. The molecule has 0 bridgehead atoms. The van der Waals surface area contributed by atoms with Gasteiger partial charge in [0, 0.05) is 35.6 Å². The lowest BCUT2D eigenvalue weighted by Gasteiger charge is -2.39. The van der Waals surface area contributed by atoms with Gasteiger partial charge in [0.1, 0.15) is 11.4 Å². The molecule has 1 N–H and O–H groups in total. The van der Waals surface area contributed by atoms with E-state index in [-0.39, 0.29) is 24.6 Å². The van der Waals surface area contributed by atoms with Gasteiger partial charge in [0.2, 0.25) is 0 Å². The van der Waals surface area contributed by atoms with Crippen LogP contribution in [0, 0.1) is 5.82 Å². The number of amides is 2. The molecule has 5 nitrogen and oxygen atoms in total. The largest absolute Gasteiger partial charge is 0.444 e. The molecule has 2 aromatic rings. The number of benzene rings is 2. The summed E-state index contributed by atoms with van der Waals surface area (Å²) in [5.74, 6) is -2.58. The second-order valence-electron chi connectivity index (χ2n) is 9.15. The topological polar surface area (TPSA) is 58.6 Å². The van der Waals surface area contributed by atoms with Crippen LogP contribution in [0.5, 0.6) is 0 Å². The van der Waals surface area contributed by atoms with Crippen molar-refractivity contribution in [1.82, 2.24) is 10.2 Å². The molecule has 2 amide bonds. The fraction of sp³-hybridized carbons (Fsp3) is 0.417. The van der Waals surface area contributed by atoms with E-state index < -0.39 is 41.2 Å².